The Morgan fingerprint density at radius 1 is 1.61 bits per heavy atom. The molecule has 1 heterocycles. The fourth-order valence-electron chi connectivity index (χ4n) is 2.60. The van der Waals surface area contributed by atoms with Crippen molar-refractivity contribution in [3.63, 3.8) is 0 Å². The van der Waals surface area contributed by atoms with E-state index >= 15 is 0 Å². The second-order valence-electron chi connectivity index (χ2n) is 4.55. The topological polar surface area (TPSA) is 58.4 Å². The molecule has 1 aromatic carbocycles. The fourth-order valence-corrected chi connectivity index (χ4v) is 2.86. The van der Waals surface area contributed by atoms with Crippen LogP contribution < -0.4 is 16.0 Å². The second-order valence-corrected chi connectivity index (χ2v) is 4.95. The standard InChI is InChI=1S/C13H18ClN3O/c1-16-8-9-4-3-7-17(9)11-6-2-5-10(14)12(11)13(15)18/h2,5-6,9,16H,3-4,7-8H2,1H3,(H2,15,18). The number of nitrogens with two attached hydrogens (primary N) is 1. The highest BCUT2D eigenvalue weighted by Crippen LogP contribution is 2.32. The highest BCUT2D eigenvalue weighted by Gasteiger charge is 2.27. The number of amides is 1. The number of primary amides is 1. The lowest BCUT2D eigenvalue weighted by molar-refractivity contribution is 0.100. The van der Waals surface area contributed by atoms with Crippen LogP contribution in [0.5, 0.6) is 0 Å². The first kappa shape index (κ1) is 13.2. The lowest BCUT2D eigenvalue weighted by atomic mass is 10.1. The fraction of sp³-hybridized carbons (Fsp3) is 0.462. The number of nitrogens with one attached hydrogen (secondary N) is 1. The predicted octanol–water partition coefficient (Wildman–Crippen LogP) is 1.63. The molecule has 0 spiro atoms. The van der Waals surface area contributed by atoms with Crippen LogP contribution in [0.1, 0.15) is 23.2 Å². The Morgan fingerprint density at radius 2 is 2.39 bits per heavy atom. The molecule has 1 aliphatic heterocycles. The summed E-state index contributed by atoms with van der Waals surface area (Å²) >= 11 is 6.08. The predicted molar refractivity (Wildman–Crippen MR) is 74.3 cm³/mol. The summed E-state index contributed by atoms with van der Waals surface area (Å²) in [5, 5.41) is 3.61. The van der Waals surface area contributed by atoms with E-state index in [1.807, 2.05) is 19.2 Å². The minimum Gasteiger partial charge on any atom is -0.367 e. The molecule has 0 bridgehead atoms. The molecule has 1 unspecified atom stereocenters. The summed E-state index contributed by atoms with van der Waals surface area (Å²) < 4.78 is 0. The third-order valence-corrected chi connectivity index (χ3v) is 3.68. The van der Waals surface area contributed by atoms with Crippen molar-refractivity contribution < 1.29 is 4.79 Å². The van der Waals surface area contributed by atoms with Crippen LogP contribution in [-0.4, -0.2) is 32.1 Å². The van der Waals surface area contributed by atoms with Gasteiger partial charge in [-0.2, -0.15) is 0 Å². The SMILES string of the molecule is CNCC1CCCN1c1cccc(Cl)c1C(N)=O. The number of carbonyl (C=O) groups is 1. The van der Waals surface area contributed by atoms with Crippen molar-refractivity contribution in [1.29, 1.82) is 0 Å². The number of benzene rings is 1. The number of anilines is 1. The molecule has 1 aromatic rings. The van der Waals surface area contributed by atoms with Crippen molar-refractivity contribution in [3.8, 4) is 0 Å². The number of hydrogen-bond acceptors (Lipinski definition) is 3. The zero-order valence-corrected chi connectivity index (χ0v) is 11.2. The number of rotatable bonds is 4. The van der Waals surface area contributed by atoms with Crippen molar-refractivity contribution in [1.82, 2.24) is 5.32 Å². The monoisotopic (exact) mass is 267 g/mol. The van der Waals surface area contributed by atoms with E-state index in [9.17, 15) is 4.79 Å². The summed E-state index contributed by atoms with van der Waals surface area (Å²) in [6.07, 6.45) is 2.24. The Bertz CT molecular complexity index is 450. The number of hydrogen-bond donors (Lipinski definition) is 2. The van der Waals surface area contributed by atoms with Gasteiger partial charge in [-0.25, -0.2) is 0 Å². The third kappa shape index (κ3) is 2.44. The number of carbonyl (C=O) groups excluding carboxylic acids is 1. The number of nitrogens with zero attached hydrogens (tertiary/aromatic N) is 1. The lowest BCUT2D eigenvalue weighted by Crippen LogP contribution is -2.38. The molecule has 2 rings (SSSR count). The average molecular weight is 268 g/mol. The zero-order chi connectivity index (χ0) is 13.1. The molecule has 0 aromatic heterocycles. The molecule has 0 saturated carbocycles. The average Bonchev–Trinajstić information content (AvgIpc) is 2.76. The highest BCUT2D eigenvalue weighted by atomic mass is 35.5. The van der Waals surface area contributed by atoms with Gasteiger partial charge < -0.3 is 16.0 Å². The van der Waals surface area contributed by atoms with E-state index in [1.165, 1.54) is 0 Å². The zero-order valence-electron chi connectivity index (χ0n) is 10.4. The first-order valence-electron chi connectivity index (χ1n) is 6.14. The smallest absolute Gasteiger partial charge is 0.252 e. The molecule has 0 aliphatic carbocycles. The minimum atomic E-state index is -0.467. The van der Waals surface area contributed by atoms with E-state index in [0.29, 0.717) is 16.6 Å². The maximum absolute atomic E-state index is 11.6. The molecule has 1 amide bonds. The van der Waals surface area contributed by atoms with Crippen molar-refractivity contribution >= 4 is 23.2 Å². The summed E-state index contributed by atoms with van der Waals surface area (Å²) in [4.78, 5) is 13.8. The van der Waals surface area contributed by atoms with E-state index in [2.05, 4.69) is 10.2 Å². The Kier molecular flexibility index (Phi) is 4.09. The Morgan fingerprint density at radius 3 is 3.06 bits per heavy atom. The van der Waals surface area contributed by atoms with Crippen LogP contribution in [0.2, 0.25) is 5.02 Å². The summed E-state index contributed by atoms with van der Waals surface area (Å²) in [5.41, 5.74) is 6.72. The highest BCUT2D eigenvalue weighted by molar-refractivity contribution is 6.34. The summed E-state index contributed by atoms with van der Waals surface area (Å²) in [6, 6.07) is 5.87. The van der Waals surface area contributed by atoms with Gasteiger partial charge in [0.2, 0.25) is 0 Å². The normalized spacial score (nSPS) is 19.2. The van der Waals surface area contributed by atoms with Gasteiger partial charge in [-0.3, -0.25) is 4.79 Å². The van der Waals surface area contributed by atoms with Crippen molar-refractivity contribution in [3.05, 3.63) is 28.8 Å². The molecule has 18 heavy (non-hydrogen) atoms. The summed E-state index contributed by atoms with van der Waals surface area (Å²) in [6.45, 7) is 1.83. The Hall–Kier alpha value is -1.26. The van der Waals surface area contributed by atoms with Crippen molar-refractivity contribution in [2.24, 2.45) is 5.73 Å². The lowest BCUT2D eigenvalue weighted by Gasteiger charge is -2.28. The quantitative estimate of drug-likeness (QED) is 0.872. The summed E-state index contributed by atoms with van der Waals surface area (Å²) in [7, 11) is 1.93. The van der Waals surface area contributed by atoms with Gasteiger partial charge in [0, 0.05) is 19.1 Å². The molecular formula is C13H18ClN3O. The van der Waals surface area contributed by atoms with E-state index in [-0.39, 0.29) is 0 Å². The molecule has 1 aliphatic rings. The maximum atomic E-state index is 11.6. The molecule has 0 radical (unpaired) electrons. The van der Waals surface area contributed by atoms with E-state index in [0.717, 1.165) is 31.6 Å². The molecule has 1 atom stereocenters. The molecule has 98 valence electrons. The number of likely N-dealkylation sites (N-methyl/N-ethyl adjacent to an activating group) is 1. The van der Waals surface area contributed by atoms with Gasteiger partial charge in [0.15, 0.2) is 0 Å². The van der Waals surface area contributed by atoms with Crippen LogP contribution in [0.3, 0.4) is 0 Å². The molecule has 1 saturated heterocycles. The van der Waals surface area contributed by atoms with Crippen LogP contribution >= 0.6 is 11.6 Å². The Balaban J connectivity index is 2.38. The largest absolute Gasteiger partial charge is 0.367 e. The van der Waals surface area contributed by atoms with Crippen LogP contribution in [0.4, 0.5) is 5.69 Å². The van der Waals surface area contributed by atoms with Crippen molar-refractivity contribution in [2.75, 3.05) is 25.0 Å². The molecular weight excluding hydrogens is 250 g/mol. The van der Waals surface area contributed by atoms with Gasteiger partial charge in [0.1, 0.15) is 0 Å². The molecule has 1 fully saturated rings. The van der Waals surface area contributed by atoms with Crippen LogP contribution in [0.15, 0.2) is 18.2 Å². The van der Waals surface area contributed by atoms with Gasteiger partial charge >= 0.3 is 0 Å². The first-order valence-corrected chi connectivity index (χ1v) is 6.52. The summed E-state index contributed by atoms with van der Waals surface area (Å²) in [5.74, 6) is -0.467. The maximum Gasteiger partial charge on any atom is 0.252 e. The molecule has 5 heteroatoms. The molecule has 4 nitrogen and oxygen atoms in total. The Labute approximate surface area is 112 Å². The van der Waals surface area contributed by atoms with Gasteiger partial charge in [0.05, 0.1) is 16.3 Å². The second kappa shape index (κ2) is 5.59. The first-order chi connectivity index (χ1) is 8.65. The van der Waals surface area contributed by atoms with Gasteiger partial charge in [-0.15, -0.1) is 0 Å². The van der Waals surface area contributed by atoms with E-state index in [4.69, 9.17) is 17.3 Å². The van der Waals surface area contributed by atoms with E-state index in [1.54, 1.807) is 6.07 Å². The van der Waals surface area contributed by atoms with Crippen LogP contribution in [-0.2, 0) is 0 Å². The van der Waals surface area contributed by atoms with Crippen LogP contribution in [0.25, 0.3) is 0 Å². The van der Waals surface area contributed by atoms with Crippen LogP contribution in [0, 0.1) is 0 Å². The minimum absolute atomic E-state index is 0.395. The number of halogens is 1. The van der Waals surface area contributed by atoms with Gasteiger partial charge in [-0.05, 0) is 32.0 Å². The van der Waals surface area contributed by atoms with Gasteiger partial charge in [-0.1, -0.05) is 17.7 Å². The van der Waals surface area contributed by atoms with E-state index < -0.39 is 5.91 Å². The van der Waals surface area contributed by atoms with Gasteiger partial charge in [0.25, 0.3) is 5.91 Å². The van der Waals surface area contributed by atoms with Crippen molar-refractivity contribution in [2.45, 2.75) is 18.9 Å². The third-order valence-electron chi connectivity index (χ3n) is 3.36. The molecule has 3 N–H and O–H groups in total.